The lowest BCUT2D eigenvalue weighted by Crippen LogP contribution is -2.38. The van der Waals surface area contributed by atoms with E-state index in [1.165, 1.54) is 6.07 Å². The zero-order valence-electron chi connectivity index (χ0n) is 14.6. The molecule has 0 aliphatic heterocycles. The van der Waals surface area contributed by atoms with Crippen LogP contribution in [0.4, 0.5) is 13.6 Å². The molecule has 0 unspecified atom stereocenters. The summed E-state index contributed by atoms with van der Waals surface area (Å²) >= 11 is 0. The summed E-state index contributed by atoms with van der Waals surface area (Å²) in [6.07, 6.45) is 0.303. The average molecular weight is 367 g/mol. The zero-order valence-corrected chi connectivity index (χ0v) is 14.6. The molecule has 0 fully saturated rings. The highest BCUT2D eigenvalue weighted by atomic mass is 19.1. The lowest BCUT2D eigenvalue weighted by Gasteiger charge is -2.19. The lowest BCUT2D eigenvalue weighted by atomic mass is 10.1. The maximum Gasteiger partial charge on any atom is 0.407 e. The van der Waals surface area contributed by atoms with Gasteiger partial charge in [0.15, 0.2) is 17.8 Å². The monoisotopic (exact) mass is 367 g/mol. The third kappa shape index (κ3) is 5.01. The van der Waals surface area contributed by atoms with Crippen LogP contribution in [0.1, 0.15) is 31.3 Å². The summed E-state index contributed by atoms with van der Waals surface area (Å²) in [6.45, 7) is 5.33. The molecule has 2 N–H and O–H groups in total. The van der Waals surface area contributed by atoms with Crippen LogP contribution in [0.2, 0.25) is 0 Å². The van der Waals surface area contributed by atoms with Gasteiger partial charge in [0.2, 0.25) is 0 Å². The van der Waals surface area contributed by atoms with Crippen LogP contribution in [0.3, 0.4) is 0 Å². The van der Waals surface area contributed by atoms with Crippen LogP contribution >= 0.6 is 0 Å². The minimum absolute atomic E-state index is 0.0597. The maximum absolute atomic E-state index is 13.9. The number of amides is 2. The zero-order chi connectivity index (χ0) is 19.3. The van der Waals surface area contributed by atoms with E-state index in [2.05, 4.69) is 15.6 Å². The molecule has 1 aromatic heterocycles. The first-order chi connectivity index (χ1) is 12.2. The first kappa shape index (κ1) is 19.4. The summed E-state index contributed by atoms with van der Waals surface area (Å²) in [4.78, 5) is 27.4. The van der Waals surface area contributed by atoms with Crippen LogP contribution in [0.25, 0.3) is 11.3 Å². The van der Waals surface area contributed by atoms with Gasteiger partial charge in [-0.3, -0.25) is 4.79 Å². The van der Waals surface area contributed by atoms with Crippen molar-refractivity contribution in [2.45, 2.75) is 26.4 Å². The summed E-state index contributed by atoms with van der Waals surface area (Å²) in [5.41, 5.74) is -1.36. The molecular formula is C17H19F2N3O4. The van der Waals surface area contributed by atoms with E-state index in [0.717, 1.165) is 18.5 Å². The Balaban J connectivity index is 1.96. The third-order valence-electron chi connectivity index (χ3n) is 3.05. The second-order valence-corrected chi connectivity index (χ2v) is 6.31. The predicted molar refractivity (Wildman–Crippen MR) is 88.4 cm³/mol. The quantitative estimate of drug-likeness (QED) is 0.793. The van der Waals surface area contributed by atoms with E-state index in [4.69, 9.17) is 9.15 Å². The van der Waals surface area contributed by atoms with E-state index in [-0.39, 0.29) is 24.5 Å². The van der Waals surface area contributed by atoms with Crippen LogP contribution in [-0.2, 0) is 4.74 Å². The first-order valence-corrected chi connectivity index (χ1v) is 7.82. The van der Waals surface area contributed by atoms with Crippen molar-refractivity contribution in [1.29, 1.82) is 0 Å². The number of carbonyl (C=O) groups is 2. The number of hydrogen-bond donors (Lipinski definition) is 2. The fourth-order valence-corrected chi connectivity index (χ4v) is 2.04. The van der Waals surface area contributed by atoms with Crippen molar-refractivity contribution in [2.75, 3.05) is 13.1 Å². The molecular weight excluding hydrogens is 348 g/mol. The fourth-order valence-electron chi connectivity index (χ4n) is 2.04. The highest BCUT2D eigenvalue weighted by Crippen LogP contribution is 2.28. The molecule has 7 nitrogen and oxygen atoms in total. The number of ether oxygens (including phenoxy) is 1. The number of benzene rings is 1. The molecule has 0 saturated carbocycles. The second kappa shape index (κ2) is 7.94. The van der Waals surface area contributed by atoms with Gasteiger partial charge in [0.05, 0.1) is 5.56 Å². The van der Waals surface area contributed by atoms with Crippen LogP contribution in [0.15, 0.2) is 29.0 Å². The van der Waals surface area contributed by atoms with Crippen LogP contribution in [0.5, 0.6) is 0 Å². The standard InChI is InChI=1S/C17H19F2N3O4/c1-17(2,3)26-16(24)21-8-7-20-15(23)13-14(25-9-22-13)12-10(18)5-4-6-11(12)19/h4-6,9H,7-8H2,1-3H3,(H,20,23)(H,21,24). The Hall–Kier alpha value is -2.97. The molecule has 26 heavy (non-hydrogen) atoms. The molecule has 1 heterocycles. The van der Waals surface area contributed by atoms with Crippen molar-refractivity contribution in [2.24, 2.45) is 0 Å². The molecule has 0 saturated heterocycles. The highest BCUT2D eigenvalue weighted by molar-refractivity contribution is 5.97. The van der Waals surface area contributed by atoms with Gasteiger partial charge in [-0.2, -0.15) is 0 Å². The average Bonchev–Trinajstić information content (AvgIpc) is 2.99. The van der Waals surface area contributed by atoms with E-state index >= 15 is 0 Å². The van der Waals surface area contributed by atoms with Gasteiger partial charge in [0, 0.05) is 13.1 Å². The normalized spacial score (nSPS) is 11.1. The summed E-state index contributed by atoms with van der Waals surface area (Å²) < 4.78 is 37.8. The van der Waals surface area contributed by atoms with Crippen molar-refractivity contribution in [3.8, 4) is 11.3 Å². The van der Waals surface area contributed by atoms with Crippen molar-refractivity contribution < 1.29 is 27.5 Å². The van der Waals surface area contributed by atoms with Gasteiger partial charge in [-0.05, 0) is 32.9 Å². The number of hydrogen-bond acceptors (Lipinski definition) is 5. The number of oxazole rings is 1. The SMILES string of the molecule is CC(C)(C)OC(=O)NCCNC(=O)c1ncoc1-c1c(F)cccc1F. The fraction of sp³-hybridized carbons (Fsp3) is 0.353. The number of alkyl carbamates (subject to hydrolysis) is 1. The van der Waals surface area contributed by atoms with Gasteiger partial charge in [-0.25, -0.2) is 18.6 Å². The topological polar surface area (TPSA) is 93.5 Å². The minimum atomic E-state index is -0.873. The van der Waals surface area contributed by atoms with Crippen molar-refractivity contribution >= 4 is 12.0 Å². The number of halogens is 2. The molecule has 140 valence electrons. The van der Waals surface area contributed by atoms with Gasteiger partial charge in [-0.1, -0.05) is 6.07 Å². The van der Waals surface area contributed by atoms with Gasteiger partial charge in [-0.15, -0.1) is 0 Å². The lowest BCUT2D eigenvalue weighted by molar-refractivity contribution is 0.0526. The maximum atomic E-state index is 13.9. The van der Waals surface area contributed by atoms with Crippen LogP contribution in [0, 0.1) is 11.6 Å². The molecule has 2 amide bonds. The van der Waals surface area contributed by atoms with Gasteiger partial charge in [0.1, 0.15) is 17.2 Å². The third-order valence-corrected chi connectivity index (χ3v) is 3.05. The van der Waals surface area contributed by atoms with Gasteiger partial charge in [0.25, 0.3) is 5.91 Å². The Labute approximate surface area is 148 Å². The number of carbonyl (C=O) groups excluding carboxylic acids is 2. The largest absolute Gasteiger partial charge is 0.444 e. The van der Waals surface area contributed by atoms with Gasteiger partial charge < -0.3 is 19.8 Å². The number of nitrogens with zero attached hydrogens (tertiary/aromatic N) is 1. The van der Waals surface area contributed by atoms with Crippen LogP contribution < -0.4 is 10.6 Å². The van der Waals surface area contributed by atoms with E-state index < -0.39 is 34.8 Å². The molecule has 1 aromatic carbocycles. The molecule has 0 bridgehead atoms. The molecule has 0 aliphatic rings. The van der Waals surface area contributed by atoms with Gasteiger partial charge >= 0.3 is 6.09 Å². The summed E-state index contributed by atoms with van der Waals surface area (Å²) in [5.74, 6) is -2.75. The van der Waals surface area contributed by atoms with E-state index in [0.29, 0.717) is 0 Å². The molecule has 0 aliphatic carbocycles. The molecule has 0 radical (unpaired) electrons. The van der Waals surface area contributed by atoms with Crippen molar-refractivity contribution in [3.05, 3.63) is 41.9 Å². The van der Waals surface area contributed by atoms with Crippen LogP contribution in [-0.4, -0.2) is 35.7 Å². The molecule has 0 spiro atoms. The van der Waals surface area contributed by atoms with Crippen molar-refractivity contribution in [3.63, 3.8) is 0 Å². The number of aromatic nitrogens is 1. The summed E-state index contributed by atoms with van der Waals surface area (Å²) in [7, 11) is 0. The van der Waals surface area contributed by atoms with E-state index in [9.17, 15) is 18.4 Å². The molecule has 0 atom stereocenters. The Morgan fingerprint density at radius 2 is 1.77 bits per heavy atom. The van der Waals surface area contributed by atoms with E-state index in [1.807, 2.05) is 0 Å². The predicted octanol–water partition coefficient (Wildman–Crippen LogP) is 2.87. The second-order valence-electron chi connectivity index (χ2n) is 6.31. The Bertz CT molecular complexity index is 779. The smallest absolute Gasteiger partial charge is 0.407 e. The summed E-state index contributed by atoms with van der Waals surface area (Å²) in [5, 5.41) is 4.94. The Morgan fingerprint density at radius 3 is 2.38 bits per heavy atom. The minimum Gasteiger partial charge on any atom is -0.444 e. The molecule has 2 rings (SSSR count). The highest BCUT2D eigenvalue weighted by Gasteiger charge is 2.23. The summed E-state index contributed by atoms with van der Waals surface area (Å²) in [6, 6.07) is 3.30. The first-order valence-electron chi connectivity index (χ1n) is 7.82. The molecule has 9 heteroatoms. The number of rotatable bonds is 5. The molecule has 2 aromatic rings. The Morgan fingerprint density at radius 1 is 1.15 bits per heavy atom. The Kier molecular flexibility index (Phi) is 5.91. The van der Waals surface area contributed by atoms with Crippen molar-refractivity contribution in [1.82, 2.24) is 15.6 Å². The van der Waals surface area contributed by atoms with E-state index in [1.54, 1.807) is 20.8 Å². The number of nitrogens with one attached hydrogen (secondary N) is 2.